The van der Waals surface area contributed by atoms with Gasteiger partial charge < -0.3 is 10.6 Å². The molecule has 24 heavy (non-hydrogen) atoms. The van der Waals surface area contributed by atoms with Crippen LogP contribution in [0.5, 0.6) is 0 Å². The molecule has 0 atom stereocenters. The van der Waals surface area contributed by atoms with Crippen LogP contribution in [0.25, 0.3) is 0 Å². The lowest BCUT2D eigenvalue weighted by atomic mass is 9.81. The van der Waals surface area contributed by atoms with Gasteiger partial charge in [-0.1, -0.05) is 12.1 Å². The summed E-state index contributed by atoms with van der Waals surface area (Å²) in [6.45, 7) is 6.32. The maximum absolute atomic E-state index is 12.9. The number of carbonyl (C=O) groups excluding carboxylic acids is 2. The lowest BCUT2D eigenvalue weighted by molar-refractivity contribution is -0.131. The summed E-state index contributed by atoms with van der Waals surface area (Å²) in [4.78, 5) is 24.4. The lowest BCUT2D eigenvalue weighted by Gasteiger charge is -2.30. The van der Waals surface area contributed by atoms with Crippen LogP contribution in [0.2, 0.25) is 0 Å². The highest BCUT2D eigenvalue weighted by Crippen LogP contribution is 2.29. The van der Waals surface area contributed by atoms with E-state index in [1.807, 2.05) is 20.8 Å². The van der Waals surface area contributed by atoms with Gasteiger partial charge in [-0.05, 0) is 64.2 Å². The van der Waals surface area contributed by atoms with Crippen LogP contribution in [-0.4, -0.2) is 17.4 Å². The van der Waals surface area contributed by atoms with Crippen LogP contribution in [0.1, 0.15) is 52.0 Å². The second-order valence-electron chi connectivity index (χ2n) is 7.63. The molecule has 132 valence electrons. The average molecular weight is 334 g/mol. The Bertz CT molecular complexity index is 570. The average Bonchev–Trinajstić information content (AvgIpc) is 2.52. The van der Waals surface area contributed by atoms with E-state index in [9.17, 15) is 14.0 Å². The molecule has 4 nitrogen and oxygen atoms in total. The molecule has 1 saturated carbocycles. The predicted octanol–water partition coefficient (Wildman–Crippen LogP) is 3.16. The van der Waals surface area contributed by atoms with Gasteiger partial charge >= 0.3 is 0 Å². The van der Waals surface area contributed by atoms with Crippen molar-refractivity contribution in [1.29, 1.82) is 0 Å². The monoisotopic (exact) mass is 334 g/mol. The minimum Gasteiger partial charge on any atom is -0.352 e. The molecule has 5 heteroatoms. The van der Waals surface area contributed by atoms with E-state index in [1.165, 1.54) is 12.1 Å². The molecular formula is C19H27FN2O2. The Balaban J connectivity index is 1.76. The van der Waals surface area contributed by atoms with Crippen LogP contribution < -0.4 is 10.6 Å². The molecule has 0 saturated heterocycles. The van der Waals surface area contributed by atoms with Crippen molar-refractivity contribution in [3.8, 4) is 0 Å². The summed E-state index contributed by atoms with van der Waals surface area (Å²) < 4.78 is 12.9. The van der Waals surface area contributed by atoms with Gasteiger partial charge in [0.05, 0.1) is 0 Å². The molecule has 0 heterocycles. The second kappa shape index (κ2) is 7.77. The number of carbonyl (C=O) groups is 2. The second-order valence-corrected chi connectivity index (χ2v) is 7.63. The topological polar surface area (TPSA) is 58.2 Å². The highest BCUT2D eigenvalue weighted by molar-refractivity contribution is 5.81. The highest BCUT2D eigenvalue weighted by Gasteiger charge is 2.31. The molecule has 1 aliphatic carbocycles. The summed E-state index contributed by atoms with van der Waals surface area (Å²) in [6, 6.07) is 6.12. The molecule has 1 aromatic carbocycles. The van der Waals surface area contributed by atoms with Crippen LogP contribution in [-0.2, 0) is 16.1 Å². The number of hydrogen-bond acceptors (Lipinski definition) is 2. The van der Waals surface area contributed by atoms with Gasteiger partial charge in [0, 0.05) is 23.9 Å². The Labute approximate surface area is 143 Å². The quantitative estimate of drug-likeness (QED) is 0.888. The van der Waals surface area contributed by atoms with E-state index in [0.29, 0.717) is 6.54 Å². The molecule has 2 rings (SSSR count). The largest absolute Gasteiger partial charge is 0.352 e. The van der Waals surface area contributed by atoms with Gasteiger partial charge in [0.15, 0.2) is 0 Å². The molecule has 2 N–H and O–H groups in total. The number of nitrogens with one attached hydrogen (secondary N) is 2. The van der Waals surface area contributed by atoms with Gasteiger partial charge in [-0.3, -0.25) is 9.59 Å². The molecule has 1 aromatic rings. The summed E-state index contributed by atoms with van der Waals surface area (Å²) in [7, 11) is 0. The maximum atomic E-state index is 12.9. The lowest BCUT2D eigenvalue weighted by Crippen LogP contribution is -2.45. The van der Waals surface area contributed by atoms with Gasteiger partial charge in [-0.15, -0.1) is 0 Å². The molecule has 0 aliphatic heterocycles. The van der Waals surface area contributed by atoms with E-state index in [4.69, 9.17) is 0 Å². The number of benzene rings is 1. The zero-order chi connectivity index (χ0) is 17.7. The molecule has 0 unspecified atom stereocenters. The van der Waals surface area contributed by atoms with Crippen LogP contribution in [0.4, 0.5) is 4.39 Å². The van der Waals surface area contributed by atoms with E-state index in [-0.39, 0.29) is 35.0 Å². The molecular weight excluding hydrogens is 307 g/mol. The maximum Gasteiger partial charge on any atom is 0.223 e. The molecule has 1 aliphatic rings. The molecule has 0 aromatic heterocycles. The van der Waals surface area contributed by atoms with Crippen molar-refractivity contribution in [2.45, 2.75) is 58.5 Å². The van der Waals surface area contributed by atoms with E-state index in [2.05, 4.69) is 10.6 Å². The van der Waals surface area contributed by atoms with Crippen molar-refractivity contribution in [2.24, 2.45) is 11.8 Å². The molecule has 0 spiro atoms. The Morgan fingerprint density at radius 2 is 1.50 bits per heavy atom. The van der Waals surface area contributed by atoms with Crippen molar-refractivity contribution < 1.29 is 14.0 Å². The third kappa shape index (κ3) is 5.62. The minimum atomic E-state index is -0.281. The Hall–Kier alpha value is -1.91. The summed E-state index contributed by atoms with van der Waals surface area (Å²) in [5.74, 6) is -0.201. The Morgan fingerprint density at radius 1 is 1.00 bits per heavy atom. The summed E-state index contributed by atoms with van der Waals surface area (Å²) >= 11 is 0. The number of halogens is 1. The first-order chi connectivity index (χ1) is 11.2. The van der Waals surface area contributed by atoms with Crippen LogP contribution in [0.3, 0.4) is 0 Å². The predicted molar refractivity (Wildman–Crippen MR) is 91.6 cm³/mol. The first-order valence-corrected chi connectivity index (χ1v) is 8.59. The van der Waals surface area contributed by atoms with Crippen molar-refractivity contribution >= 4 is 11.8 Å². The molecule has 2 amide bonds. The van der Waals surface area contributed by atoms with Crippen molar-refractivity contribution in [2.75, 3.05) is 0 Å². The standard InChI is InChI=1S/C19H27FN2O2/c1-19(2,3)22-18(24)15-8-6-14(7-9-15)17(23)21-12-13-4-10-16(20)11-5-13/h4-5,10-11,14-15H,6-9,12H2,1-3H3,(H,21,23)(H,22,24). The van der Waals surface area contributed by atoms with E-state index in [0.717, 1.165) is 31.2 Å². The van der Waals surface area contributed by atoms with Crippen molar-refractivity contribution in [3.63, 3.8) is 0 Å². The van der Waals surface area contributed by atoms with Crippen molar-refractivity contribution in [1.82, 2.24) is 10.6 Å². The third-order valence-corrected chi connectivity index (χ3v) is 4.35. The minimum absolute atomic E-state index is 0.00498. The molecule has 1 fully saturated rings. The highest BCUT2D eigenvalue weighted by atomic mass is 19.1. The fourth-order valence-electron chi connectivity index (χ4n) is 3.03. The Kier molecular flexibility index (Phi) is 5.97. The van der Waals surface area contributed by atoms with Gasteiger partial charge in [-0.25, -0.2) is 4.39 Å². The third-order valence-electron chi connectivity index (χ3n) is 4.35. The van der Waals surface area contributed by atoms with Crippen molar-refractivity contribution in [3.05, 3.63) is 35.6 Å². The molecule has 0 radical (unpaired) electrons. The number of rotatable bonds is 4. The SMILES string of the molecule is CC(C)(C)NC(=O)C1CCC(C(=O)NCc2ccc(F)cc2)CC1. The van der Waals surface area contributed by atoms with Gasteiger partial charge in [0.25, 0.3) is 0 Å². The zero-order valence-electron chi connectivity index (χ0n) is 14.7. The molecule has 0 bridgehead atoms. The van der Waals surface area contributed by atoms with Crippen LogP contribution >= 0.6 is 0 Å². The zero-order valence-corrected chi connectivity index (χ0v) is 14.7. The fraction of sp³-hybridized carbons (Fsp3) is 0.579. The van der Waals surface area contributed by atoms with Crippen LogP contribution in [0.15, 0.2) is 24.3 Å². The first-order valence-electron chi connectivity index (χ1n) is 8.59. The van der Waals surface area contributed by atoms with E-state index in [1.54, 1.807) is 12.1 Å². The van der Waals surface area contributed by atoms with E-state index >= 15 is 0 Å². The number of hydrogen-bond donors (Lipinski definition) is 2. The van der Waals surface area contributed by atoms with Gasteiger partial charge in [0.2, 0.25) is 11.8 Å². The van der Waals surface area contributed by atoms with Gasteiger partial charge in [-0.2, -0.15) is 0 Å². The first kappa shape index (κ1) is 18.4. The summed E-state index contributed by atoms with van der Waals surface area (Å²) in [5, 5.41) is 5.92. The van der Waals surface area contributed by atoms with Gasteiger partial charge in [0.1, 0.15) is 5.82 Å². The normalized spacial score (nSPS) is 21.2. The Morgan fingerprint density at radius 3 is 2.00 bits per heavy atom. The number of amides is 2. The summed E-state index contributed by atoms with van der Waals surface area (Å²) in [6.07, 6.45) is 2.96. The van der Waals surface area contributed by atoms with Crippen LogP contribution in [0, 0.1) is 17.7 Å². The van der Waals surface area contributed by atoms with E-state index < -0.39 is 0 Å². The fourth-order valence-corrected chi connectivity index (χ4v) is 3.03. The summed E-state index contributed by atoms with van der Waals surface area (Å²) in [5.41, 5.74) is 0.656. The smallest absolute Gasteiger partial charge is 0.223 e.